The van der Waals surface area contributed by atoms with Gasteiger partial charge in [-0.2, -0.15) is 15.4 Å². The van der Waals surface area contributed by atoms with Gasteiger partial charge in [0.25, 0.3) is 0 Å². The van der Waals surface area contributed by atoms with Crippen molar-refractivity contribution in [3.8, 4) is 0 Å². The highest BCUT2D eigenvalue weighted by Crippen LogP contribution is 2.29. The summed E-state index contributed by atoms with van der Waals surface area (Å²) in [5, 5.41) is 9.74. The summed E-state index contributed by atoms with van der Waals surface area (Å²) in [6.07, 6.45) is 0.730. The highest BCUT2D eigenvalue weighted by atomic mass is 32.2. The predicted molar refractivity (Wildman–Crippen MR) is 71.3 cm³/mol. The van der Waals surface area contributed by atoms with Crippen molar-refractivity contribution in [2.24, 2.45) is 0 Å². The Morgan fingerprint density at radius 2 is 1.85 bits per heavy atom. The molecule has 1 heterocycles. The first-order valence-corrected chi connectivity index (χ1v) is 7.48. The number of aromatic amines is 1. The Hall–Kier alpha value is -2.15. The Morgan fingerprint density at radius 1 is 1.15 bits per heavy atom. The van der Waals surface area contributed by atoms with E-state index in [9.17, 15) is 13.8 Å². The molecule has 102 valence electrons. The Morgan fingerprint density at radius 3 is 2.55 bits per heavy atom. The Kier molecular flexibility index (Phi) is 3.06. The van der Waals surface area contributed by atoms with E-state index < -0.39 is 16.6 Å². The van der Waals surface area contributed by atoms with Crippen molar-refractivity contribution in [1.29, 1.82) is 0 Å². The van der Waals surface area contributed by atoms with Gasteiger partial charge in [0, 0.05) is 11.3 Å². The summed E-state index contributed by atoms with van der Waals surface area (Å²) >= 11 is 0. The van der Waals surface area contributed by atoms with E-state index in [-0.39, 0.29) is 28.3 Å². The molecule has 1 aliphatic carbocycles. The third-order valence-electron chi connectivity index (χ3n) is 3.11. The average Bonchev–Trinajstić information content (AvgIpc) is 2.94. The average molecular weight is 289 g/mol. The fourth-order valence-corrected chi connectivity index (χ4v) is 3.48. The molecule has 0 radical (unpaired) electrons. The maximum absolute atomic E-state index is 12.4. The minimum atomic E-state index is -1.30. The molecule has 0 saturated heterocycles. The molecular formula is C13H11N3O3S. The first-order valence-electron chi connectivity index (χ1n) is 6.16. The molecule has 0 saturated carbocycles. The van der Waals surface area contributed by atoms with Crippen LogP contribution >= 0.6 is 0 Å². The van der Waals surface area contributed by atoms with Crippen molar-refractivity contribution in [3.05, 3.63) is 40.7 Å². The molecule has 20 heavy (non-hydrogen) atoms. The lowest BCUT2D eigenvalue weighted by atomic mass is 9.90. The van der Waals surface area contributed by atoms with Gasteiger partial charge < -0.3 is 0 Å². The van der Waals surface area contributed by atoms with E-state index in [4.69, 9.17) is 0 Å². The number of benzene rings is 1. The van der Waals surface area contributed by atoms with E-state index in [2.05, 4.69) is 15.4 Å². The van der Waals surface area contributed by atoms with Gasteiger partial charge in [-0.1, -0.05) is 19.1 Å². The number of H-pyrrole nitrogens is 1. The Labute approximate surface area is 117 Å². The van der Waals surface area contributed by atoms with Crippen LogP contribution in [0.1, 0.15) is 45.4 Å². The largest absolute Gasteiger partial charge is 0.287 e. The molecule has 0 spiro atoms. The lowest BCUT2D eigenvalue weighted by Gasteiger charge is -2.15. The number of fused-ring (bicyclic) bond motifs is 2. The minimum Gasteiger partial charge on any atom is -0.287 e. The SMILES string of the molecule is CCCS(=O)c1cccc2c1C(=O)c1n[nH]nc1C2=O. The van der Waals surface area contributed by atoms with Crippen LogP contribution in [0, 0.1) is 0 Å². The number of nitrogens with zero attached hydrogens (tertiary/aromatic N) is 2. The lowest BCUT2D eigenvalue weighted by molar-refractivity contribution is 0.0972. The van der Waals surface area contributed by atoms with E-state index >= 15 is 0 Å². The van der Waals surface area contributed by atoms with Gasteiger partial charge in [-0.25, -0.2) is 0 Å². The molecule has 1 atom stereocenters. The maximum atomic E-state index is 12.4. The number of hydrogen-bond donors (Lipinski definition) is 1. The van der Waals surface area contributed by atoms with Crippen molar-refractivity contribution < 1.29 is 13.8 Å². The van der Waals surface area contributed by atoms with Gasteiger partial charge in [0.15, 0.2) is 11.4 Å². The van der Waals surface area contributed by atoms with Gasteiger partial charge in [-0.05, 0) is 12.5 Å². The highest BCUT2D eigenvalue weighted by Gasteiger charge is 2.35. The maximum Gasteiger partial charge on any atom is 0.217 e. The van der Waals surface area contributed by atoms with Crippen LogP contribution in [0.2, 0.25) is 0 Å². The van der Waals surface area contributed by atoms with Gasteiger partial charge >= 0.3 is 0 Å². The van der Waals surface area contributed by atoms with Crippen LogP contribution in [-0.2, 0) is 10.8 Å². The van der Waals surface area contributed by atoms with Crippen LogP contribution in [0.5, 0.6) is 0 Å². The summed E-state index contributed by atoms with van der Waals surface area (Å²) in [5.41, 5.74) is 0.480. The molecule has 2 aromatic rings. The third kappa shape index (κ3) is 1.74. The molecule has 1 N–H and O–H groups in total. The number of ketones is 2. The molecule has 0 bridgehead atoms. The van der Waals surface area contributed by atoms with Crippen LogP contribution in [0.15, 0.2) is 23.1 Å². The summed E-state index contributed by atoms with van der Waals surface area (Å²) in [7, 11) is -1.30. The fourth-order valence-electron chi connectivity index (χ4n) is 2.23. The van der Waals surface area contributed by atoms with E-state index in [0.29, 0.717) is 10.6 Å². The monoisotopic (exact) mass is 289 g/mol. The van der Waals surface area contributed by atoms with Gasteiger partial charge in [0.05, 0.1) is 21.3 Å². The van der Waals surface area contributed by atoms with Gasteiger partial charge in [0.1, 0.15) is 0 Å². The second kappa shape index (κ2) is 4.75. The summed E-state index contributed by atoms with van der Waals surface area (Å²) in [4.78, 5) is 25.1. The van der Waals surface area contributed by atoms with Crippen LogP contribution in [0.3, 0.4) is 0 Å². The molecular weight excluding hydrogens is 278 g/mol. The highest BCUT2D eigenvalue weighted by molar-refractivity contribution is 7.85. The summed E-state index contributed by atoms with van der Waals surface area (Å²) in [5.74, 6) is -0.314. The number of aromatic nitrogens is 3. The molecule has 1 unspecified atom stereocenters. The third-order valence-corrected chi connectivity index (χ3v) is 4.72. The van der Waals surface area contributed by atoms with Gasteiger partial charge in [0.2, 0.25) is 11.6 Å². The topological polar surface area (TPSA) is 92.8 Å². The van der Waals surface area contributed by atoms with E-state index in [1.807, 2.05) is 6.92 Å². The number of carbonyl (C=O) groups excluding carboxylic acids is 2. The molecule has 0 fully saturated rings. The molecule has 6 nitrogen and oxygen atoms in total. The smallest absolute Gasteiger partial charge is 0.217 e. The second-order valence-corrected chi connectivity index (χ2v) is 5.95. The molecule has 1 aromatic heterocycles. The summed E-state index contributed by atoms with van der Waals surface area (Å²) < 4.78 is 12.2. The second-order valence-electron chi connectivity index (χ2n) is 4.41. The molecule has 7 heteroatoms. The molecule has 1 aliphatic rings. The molecule has 0 amide bonds. The number of hydrogen-bond acceptors (Lipinski definition) is 5. The first kappa shape index (κ1) is 12.9. The van der Waals surface area contributed by atoms with E-state index in [1.165, 1.54) is 0 Å². The standard InChI is InChI=1S/C13H11N3O3S/c1-2-6-20(19)8-5-3-4-7-9(8)13(18)11-10(12(7)17)14-16-15-11/h3-5H,2,6H2,1H3,(H,14,15,16). The normalized spacial score (nSPS) is 14.8. The van der Waals surface area contributed by atoms with Crippen LogP contribution in [0.25, 0.3) is 0 Å². The number of carbonyl (C=O) groups is 2. The zero-order valence-corrected chi connectivity index (χ0v) is 11.5. The predicted octanol–water partition coefficient (Wildman–Crippen LogP) is 1.10. The van der Waals surface area contributed by atoms with Crippen molar-refractivity contribution >= 4 is 22.4 Å². The van der Waals surface area contributed by atoms with Crippen molar-refractivity contribution in [2.75, 3.05) is 5.75 Å². The van der Waals surface area contributed by atoms with Crippen molar-refractivity contribution in [3.63, 3.8) is 0 Å². The van der Waals surface area contributed by atoms with Crippen molar-refractivity contribution in [1.82, 2.24) is 15.4 Å². The Bertz CT molecular complexity index is 751. The summed E-state index contributed by atoms with van der Waals surface area (Å²) in [6.45, 7) is 1.91. The summed E-state index contributed by atoms with van der Waals surface area (Å²) in [6, 6.07) is 4.82. The zero-order chi connectivity index (χ0) is 14.3. The first-order chi connectivity index (χ1) is 9.65. The zero-order valence-electron chi connectivity index (χ0n) is 10.7. The molecule has 3 rings (SSSR count). The van der Waals surface area contributed by atoms with Crippen LogP contribution in [0.4, 0.5) is 0 Å². The van der Waals surface area contributed by atoms with Crippen LogP contribution < -0.4 is 0 Å². The fraction of sp³-hybridized carbons (Fsp3) is 0.231. The van der Waals surface area contributed by atoms with Gasteiger partial charge in [-0.3, -0.25) is 13.8 Å². The quantitative estimate of drug-likeness (QED) is 0.779. The van der Waals surface area contributed by atoms with Crippen molar-refractivity contribution in [2.45, 2.75) is 18.2 Å². The molecule has 0 aliphatic heterocycles. The van der Waals surface area contributed by atoms with Gasteiger partial charge in [-0.15, -0.1) is 0 Å². The van der Waals surface area contributed by atoms with E-state index in [0.717, 1.165) is 6.42 Å². The van der Waals surface area contributed by atoms with E-state index in [1.54, 1.807) is 18.2 Å². The number of nitrogens with one attached hydrogen (secondary N) is 1. The number of rotatable bonds is 3. The Balaban J connectivity index is 2.22. The lowest BCUT2D eigenvalue weighted by Crippen LogP contribution is -2.23. The van der Waals surface area contributed by atoms with Crippen LogP contribution in [-0.4, -0.2) is 36.9 Å². The minimum absolute atomic E-state index is 0.00319. The molecule has 1 aromatic carbocycles.